The summed E-state index contributed by atoms with van der Waals surface area (Å²) < 4.78 is 11.1. The first-order valence-electron chi connectivity index (χ1n) is 9.49. The highest BCUT2D eigenvalue weighted by molar-refractivity contribution is 6.32. The number of rotatable bonds is 6. The topological polar surface area (TPSA) is 64.8 Å². The van der Waals surface area contributed by atoms with Crippen LogP contribution in [-0.2, 0) is 4.74 Å². The monoisotopic (exact) mass is 402 g/mol. The highest BCUT2D eigenvalue weighted by Gasteiger charge is 2.19. The number of benzene rings is 2. The van der Waals surface area contributed by atoms with Crippen molar-refractivity contribution in [2.45, 2.75) is 13.8 Å². The maximum Gasteiger partial charge on any atom is 0.254 e. The van der Waals surface area contributed by atoms with Gasteiger partial charge < -0.3 is 20.1 Å². The summed E-state index contributed by atoms with van der Waals surface area (Å²) in [5.74, 6) is 0.685. The number of hydrogen-bond donors (Lipinski definition) is 1. The lowest BCUT2D eigenvalue weighted by molar-refractivity contribution is 0.0303. The minimum absolute atomic E-state index is 0.0409. The van der Waals surface area contributed by atoms with Crippen LogP contribution in [0.3, 0.4) is 0 Å². The zero-order chi connectivity index (χ0) is 20.1. The van der Waals surface area contributed by atoms with Gasteiger partial charge in [-0.15, -0.1) is 0 Å². The minimum Gasteiger partial charge on any atom is -0.491 e. The number of carbonyl (C=O) groups is 1. The summed E-state index contributed by atoms with van der Waals surface area (Å²) in [4.78, 5) is 14.4. The first kappa shape index (κ1) is 20.6. The number of amides is 1. The van der Waals surface area contributed by atoms with Gasteiger partial charge in [0.15, 0.2) is 0 Å². The molecule has 0 unspecified atom stereocenters. The summed E-state index contributed by atoms with van der Waals surface area (Å²) in [7, 11) is 0. The summed E-state index contributed by atoms with van der Waals surface area (Å²) in [5.41, 5.74) is 8.29. The van der Waals surface area contributed by atoms with Crippen molar-refractivity contribution >= 4 is 17.5 Å². The molecule has 2 N–H and O–H groups in total. The Kier molecular flexibility index (Phi) is 6.60. The molecule has 2 aromatic carbocycles. The number of hydrogen-bond acceptors (Lipinski definition) is 4. The van der Waals surface area contributed by atoms with Gasteiger partial charge in [0.2, 0.25) is 0 Å². The van der Waals surface area contributed by atoms with Crippen LogP contribution in [0.2, 0.25) is 5.02 Å². The zero-order valence-corrected chi connectivity index (χ0v) is 17.2. The molecule has 28 heavy (non-hydrogen) atoms. The normalized spacial score (nSPS) is 14.8. The molecular weight excluding hydrogens is 376 g/mol. The third-order valence-electron chi connectivity index (χ3n) is 4.87. The Morgan fingerprint density at radius 1 is 1.14 bits per heavy atom. The number of ether oxygens (including phenoxy) is 2. The lowest BCUT2D eigenvalue weighted by atomic mass is 9.95. The Labute approximate surface area is 171 Å². The van der Waals surface area contributed by atoms with Crippen molar-refractivity contribution < 1.29 is 14.3 Å². The summed E-state index contributed by atoms with van der Waals surface area (Å²) in [6, 6.07) is 13.3. The van der Waals surface area contributed by atoms with Crippen molar-refractivity contribution in [3.8, 4) is 16.9 Å². The minimum atomic E-state index is -0.106. The fourth-order valence-electron chi connectivity index (χ4n) is 2.88. The van der Waals surface area contributed by atoms with E-state index in [-0.39, 0.29) is 11.3 Å². The van der Waals surface area contributed by atoms with Crippen LogP contribution in [0.4, 0.5) is 0 Å². The second-order valence-electron chi connectivity index (χ2n) is 7.78. The fraction of sp³-hybridized carbons (Fsp3) is 0.409. The van der Waals surface area contributed by atoms with Crippen molar-refractivity contribution in [2.24, 2.45) is 11.1 Å². The number of morpholine rings is 1. The van der Waals surface area contributed by atoms with E-state index in [1.54, 1.807) is 0 Å². The van der Waals surface area contributed by atoms with Gasteiger partial charge in [-0.05, 0) is 35.4 Å². The molecule has 2 aromatic rings. The zero-order valence-electron chi connectivity index (χ0n) is 16.4. The summed E-state index contributed by atoms with van der Waals surface area (Å²) in [5, 5.41) is 0.554. The molecule has 0 bridgehead atoms. The van der Waals surface area contributed by atoms with E-state index in [2.05, 4.69) is 13.8 Å². The van der Waals surface area contributed by atoms with E-state index in [1.807, 2.05) is 47.4 Å². The molecule has 0 radical (unpaired) electrons. The maximum atomic E-state index is 12.5. The molecule has 0 saturated carbocycles. The predicted octanol–water partition coefficient (Wildman–Crippen LogP) is 3.84. The Morgan fingerprint density at radius 3 is 2.39 bits per heavy atom. The van der Waals surface area contributed by atoms with Gasteiger partial charge in [-0.2, -0.15) is 0 Å². The van der Waals surface area contributed by atoms with Gasteiger partial charge in [0.1, 0.15) is 5.75 Å². The smallest absolute Gasteiger partial charge is 0.254 e. The number of carbonyl (C=O) groups excluding carboxylic acids is 1. The van der Waals surface area contributed by atoms with Crippen LogP contribution in [0.1, 0.15) is 24.2 Å². The Balaban J connectivity index is 1.69. The largest absolute Gasteiger partial charge is 0.491 e. The SMILES string of the molecule is CC(C)(CN)COc1ccc(-c2ccc(C(=O)N3CCOCC3)cc2)cc1Cl. The summed E-state index contributed by atoms with van der Waals surface area (Å²) in [6.45, 7) is 7.61. The third kappa shape index (κ3) is 5.04. The van der Waals surface area contributed by atoms with Crippen LogP contribution in [0.25, 0.3) is 11.1 Å². The highest BCUT2D eigenvalue weighted by atomic mass is 35.5. The van der Waals surface area contributed by atoms with E-state index < -0.39 is 0 Å². The molecule has 0 aromatic heterocycles. The molecule has 1 heterocycles. The van der Waals surface area contributed by atoms with E-state index in [0.29, 0.717) is 55.8 Å². The molecule has 150 valence electrons. The van der Waals surface area contributed by atoms with E-state index >= 15 is 0 Å². The molecule has 5 nitrogen and oxygen atoms in total. The Morgan fingerprint density at radius 2 is 1.79 bits per heavy atom. The Bertz CT molecular complexity index is 815. The molecule has 3 rings (SSSR count). The van der Waals surface area contributed by atoms with Crippen molar-refractivity contribution in [3.05, 3.63) is 53.1 Å². The second kappa shape index (κ2) is 8.95. The molecule has 1 fully saturated rings. The van der Waals surface area contributed by atoms with Crippen LogP contribution < -0.4 is 10.5 Å². The van der Waals surface area contributed by atoms with Gasteiger partial charge in [-0.3, -0.25) is 4.79 Å². The fourth-order valence-corrected chi connectivity index (χ4v) is 3.12. The predicted molar refractivity (Wildman–Crippen MR) is 112 cm³/mol. The number of nitrogens with zero attached hydrogens (tertiary/aromatic N) is 1. The molecule has 0 aliphatic carbocycles. The number of halogens is 1. The van der Waals surface area contributed by atoms with E-state index in [4.69, 9.17) is 26.8 Å². The van der Waals surface area contributed by atoms with E-state index in [0.717, 1.165) is 11.1 Å². The van der Waals surface area contributed by atoms with Gasteiger partial charge in [0, 0.05) is 30.6 Å². The number of nitrogens with two attached hydrogens (primary N) is 1. The lowest BCUT2D eigenvalue weighted by Gasteiger charge is -2.26. The quantitative estimate of drug-likeness (QED) is 0.797. The molecule has 0 atom stereocenters. The molecule has 1 amide bonds. The maximum absolute atomic E-state index is 12.5. The molecule has 0 spiro atoms. The Hall–Kier alpha value is -2.08. The molecule has 1 aliphatic heterocycles. The van der Waals surface area contributed by atoms with Crippen molar-refractivity contribution in [2.75, 3.05) is 39.5 Å². The van der Waals surface area contributed by atoms with Crippen LogP contribution in [0, 0.1) is 5.41 Å². The third-order valence-corrected chi connectivity index (χ3v) is 5.16. The highest BCUT2D eigenvalue weighted by Crippen LogP contribution is 2.31. The van der Waals surface area contributed by atoms with Crippen molar-refractivity contribution in [3.63, 3.8) is 0 Å². The van der Waals surface area contributed by atoms with Crippen LogP contribution in [0.15, 0.2) is 42.5 Å². The second-order valence-corrected chi connectivity index (χ2v) is 8.19. The van der Waals surface area contributed by atoms with Crippen LogP contribution in [-0.4, -0.2) is 50.3 Å². The summed E-state index contributed by atoms with van der Waals surface area (Å²) in [6.07, 6.45) is 0. The lowest BCUT2D eigenvalue weighted by Crippen LogP contribution is -2.40. The van der Waals surface area contributed by atoms with Gasteiger partial charge in [0.25, 0.3) is 5.91 Å². The van der Waals surface area contributed by atoms with Gasteiger partial charge >= 0.3 is 0 Å². The molecule has 1 saturated heterocycles. The molecule has 6 heteroatoms. The average molecular weight is 403 g/mol. The van der Waals surface area contributed by atoms with Crippen molar-refractivity contribution in [1.29, 1.82) is 0 Å². The first-order valence-corrected chi connectivity index (χ1v) is 9.87. The van der Waals surface area contributed by atoms with Gasteiger partial charge in [0.05, 0.1) is 24.8 Å². The van der Waals surface area contributed by atoms with Crippen LogP contribution in [0.5, 0.6) is 5.75 Å². The first-order chi connectivity index (χ1) is 13.4. The van der Waals surface area contributed by atoms with Gasteiger partial charge in [-0.1, -0.05) is 43.6 Å². The van der Waals surface area contributed by atoms with E-state index in [1.165, 1.54) is 0 Å². The van der Waals surface area contributed by atoms with Gasteiger partial charge in [-0.25, -0.2) is 0 Å². The van der Waals surface area contributed by atoms with Crippen LogP contribution >= 0.6 is 11.6 Å². The molecular formula is C22H27ClN2O3. The standard InChI is InChI=1S/C22H27ClN2O3/c1-22(2,14-24)15-28-20-8-7-18(13-19(20)23)16-3-5-17(6-4-16)21(26)25-9-11-27-12-10-25/h3-8,13H,9-12,14-15,24H2,1-2H3. The van der Waals surface area contributed by atoms with Crippen molar-refractivity contribution in [1.82, 2.24) is 4.90 Å². The molecule has 1 aliphatic rings. The average Bonchev–Trinajstić information content (AvgIpc) is 2.73. The summed E-state index contributed by atoms with van der Waals surface area (Å²) >= 11 is 6.41. The van der Waals surface area contributed by atoms with E-state index in [9.17, 15) is 4.79 Å².